The molecule has 0 aliphatic rings. The van der Waals surface area contributed by atoms with Crippen molar-refractivity contribution < 1.29 is 19.4 Å². The predicted octanol–water partition coefficient (Wildman–Crippen LogP) is -1.19. The molecule has 2 amide bonds. The Balaban J connectivity index is 2.78. The number of carbonyl (C=O) groups excluding carboxylic acids is 2. The minimum absolute atomic E-state index is 0.630. The summed E-state index contributed by atoms with van der Waals surface area (Å²) in [6.45, 7) is 0. The molecule has 0 aliphatic heterocycles. The lowest BCUT2D eigenvalue weighted by molar-refractivity contribution is -0.386. The average molecular weight is 310 g/mol. The van der Waals surface area contributed by atoms with Crippen molar-refractivity contribution in [2.75, 3.05) is 0 Å². The molecule has 2 aromatic rings. The molecule has 0 saturated carbocycles. The zero-order valence-corrected chi connectivity index (χ0v) is 10.4. The van der Waals surface area contributed by atoms with E-state index in [2.05, 4.69) is 10.2 Å². The molecule has 0 unspecified atom stereocenters. The van der Waals surface area contributed by atoms with Gasteiger partial charge in [-0.25, -0.2) is 0 Å². The molecule has 22 heavy (non-hydrogen) atoms. The highest BCUT2D eigenvalue weighted by Crippen LogP contribution is 2.36. The molecular weight excluding hydrogens is 304 g/mol. The Bertz CT molecular complexity index is 750. The smallest absolute Gasteiger partial charge is 0.329 e. The number of carbonyl (C=O) groups is 2. The minimum atomic E-state index is -1.20. The van der Waals surface area contributed by atoms with Gasteiger partial charge in [-0.05, 0) is 0 Å². The molecule has 14 heteroatoms. The number of aromatic amines is 2. The van der Waals surface area contributed by atoms with Gasteiger partial charge in [-0.2, -0.15) is 10.2 Å². The topological polar surface area (TPSA) is 230 Å². The second kappa shape index (κ2) is 4.93. The molecular formula is C8H6N8O6. The molecule has 114 valence electrons. The van der Waals surface area contributed by atoms with Gasteiger partial charge < -0.3 is 11.5 Å². The van der Waals surface area contributed by atoms with Crippen LogP contribution < -0.4 is 11.5 Å². The van der Waals surface area contributed by atoms with Crippen LogP contribution in [0.2, 0.25) is 0 Å². The van der Waals surface area contributed by atoms with E-state index in [0.717, 1.165) is 0 Å². The maximum atomic E-state index is 11.1. The van der Waals surface area contributed by atoms with E-state index in [4.69, 9.17) is 11.5 Å². The Morgan fingerprint density at radius 1 is 0.864 bits per heavy atom. The third-order valence-electron chi connectivity index (χ3n) is 2.56. The van der Waals surface area contributed by atoms with Gasteiger partial charge in [0.05, 0.1) is 9.85 Å². The summed E-state index contributed by atoms with van der Waals surface area (Å²) in [5.74, 6) is -2.39. The Kier molecular flexibility index (Phi) is 3.26. The number of nitrogens with zero attached hydrogens (tertiary/aromatic N) is 4. The summed E-state index contributed by atoms with van der Waals surface area (Å²) in [7, 11) is 0. The first kappa shape index (κ1) is 14.6. The van der Waals surface area contributed by atoms with Gasteiger partial charge in [-0.3, -0.25) is 40.0 Å². The van der Waals surface area contributed by atoms with E-state index in [9.17, 15) is 29.8 Å². The van der Waals surface area contributed by atoms with Crippen LogP contribution in [0.5, 0.6) is 0 Å². The van der Waals surface area contributed by atoms with E-state index in [-0.39, 0.29) is 0 Å². The first-order chi connectivity index (χ1) is 10.3. The highest BCUT2D eigenvalue weighted by Gasteiger charge is 2.37. The summed E-state index contributed by atoms with van der Waals surface area (Å²) >= 11 is 0. The standard InChI is InChI=1S/C8H6N8O6/c9-7(17)3-5(15(19)20)1(11-13-3)2-6(16(21)22)4(8(10)18)14-12-2/h(H2,9,17)(H2,10,18)(H,11,13)(H,12,14). The molecule has 0 spiro atoms. The quantitative estimate of drug-likeness (QED) is 0.386. The molecule has 0 saturated heterocycles. The number of primary amides is 2. The van der Waals surface area contributed by atoms with Crippen LogP contribution in [0.15, 0.2) is 0 Å². The molecule has 14 nitrogen and oxygen atoms in total. The lowest BCUT2D eigenvalue weighted by atomic mass is 10.2. The second-order valence-electron chi connectivity index (χ2n) is 3.83. The number of hydrogen-bond donors (Lipinski definition) is 4. The molecule has 0 aliphatic carbocycles. The minimum Gasteiger partial charge on any atom is -0.364 e. The second-order valence-corrected chi connectivity index (χ2v) is 3.83. The summed E-state index contributed by atoms with van der Waals surface area (Å²) in [4.78, 5) is 42.3. The number of amides is 2. The number of rotatable bonds is 5. The number of aromatic nitrogens is 4. The number of H-pyrrole nitrogens is 2. The number of hydrogen-bond acceptors (Lipinski definition) is 8. The van der Waals surface area contributed by atoms with Crippen molar-refractivity contribution >= 4 is 23.2 Å². The molecule has 2 rings (SSSR count). The zero-order valence-electron chi connectivity index (χ0n) is 10.4. The lowest BCUT2D eigenvalue weighted by Gasteiger charge is -1.94. The number of nitro groups is 2. The van der Waals surface area contributed by atoms with Crippen molar-refractivity contribution in [3.05, 3.63) is 31.6 Å². The molecule has 0 radical (unpaired) electrons. The van der Waals surface area contributed by atoms with Gasteiger partial charge >= 0.3 is 11.4 Å². The fourth-order valence-corrected chi connectivity index (χ4v) is 1.70. The van der Waals surface area contributed by atoms with Gasteiger partial charge in [0.25, 0.3) is 11.8 Å². The van der Waals surface area contributed by atoms with Crippen molar-refractivity contribution in [1.29, 1.82) is 0 Å². The molecule has 0 bridgehead atoms. The average Bonchev–Trinajstić information content (AvgIpc) is 3.01. The van der Waals surface area contributed by atoms with E-state index < -0.39 is 55.8 Å². The van der Waals surface area contributed by atoms with Crippen LogP contribution in [0.1, 0.15) is 21.0 Å². The number of nitrogens with two attached hydrogens (primary N) is 2. The normalized spacial score (nSPS) is 10.4. The third kappa shape index (κ3) is 2.09. The van der Waals surface area contributed by atoms with Gasteiger partial charge in [0.15, 0.2) is 11.4 Å². The molecule has 0 aromatic carbocycles. The van der Waals surface area contributed by atoms with Crippen LogP contribution in [-0.2, 0) is 0 Å². The molecule has 6 N–H and O–H groups in total. The van der Waals surface area contributed by atoms with Crippen molar-refractivity contribution in [2.24, 2.45) is 11.5 Å². The van der Waals surface area contributed by atoms with Gasteiger partial charge in [-0.1, -0.05) is 0 Å². The zero-order chi connectivity index (χ0) is 16.6. The first-order valence-electron chi connectivity index (χ1n) is 5.31. The fourth-order valence-electron chi connectivity index (χ4n) is 1.70. The molecule has 2 aromatic heterocycles. The van der Waals surface area contributed by atoms with Crippen LogP contribution in [0.4, 0.5) is 11.4 Å². The van der Waals surface area contributed by atoms with Gasteiger partial charge in [0, 0.05) is 0 Å². The molecule has 0 fully saturated rings. The summed E-state index contributed by atoms with van der Waals surface area (Å²) in [6.07, 6.45) is 0. The monoisotopic (exact) mass is 310 g/mol. The maximum absolute atomic E-state index is 11.1. The molecule has 2 heterocycles. The van der Waals surface area contributed by atoms with Crippen LogP contribution in [0, 0.1) is 20.2 Å². The van der Waals surface area contributed by atoms with Crippen molar-refractivity contribution in [1.82, 2.24) is 20.4 Å². The highest BCUT2D eigenvalue weighted by molar-refractivity contribution is 6.01. The Hall–Kier alpha value is -3.84. The predicted molar refractivity (Wildman–Crippen MR) is 66.5 cm³/mol. The van der Waals surface area contributed by atoms with Crippen LogP contribution in [0.3, 0.4) is 0 Å². The van der Waals surface area contributed by atoms with Gasteiger partial charge in [0.2, 0.25) is 11.4 Å². The third-order valence-corrected chi connectivity index (χ3v) is 2.56. The van der Waals surface area contributed by atoms with E-state index in [1.165, 1.54) is 0 Å². The van der Waals surface area contributed by atoms with Gasteiger partial charge in [0.1, 0.15) is 0 Å². The first-order valence-corrected chi connectivity index (χ1v) is 5.31. The van der Waals surface area contributed by atoms with Crippen molar-refractivity contribution in [3.63, 3.8) is 0 Å². The van der Waals surface area contributed by atoms with Crippen LogP contribution in [-0.4, -0.2) is 42.1 Å². The Labute approximate surface area is 118 Å². The highest BCUT2D eigenvalue weighted by atomic mass is 16.6. The summed E-state index contributed by atoms with van der Waals surface area (Å²) in [5, 5.41) is 33.0. The SMILES string of the molecule is NC(=O)c1[nH]nc(-c2n[nH]c(C(N)=O)c2[N+](=O)[O-])c1[N+](=O)[O-]. The van der Waals surface area contributed by atoms with Crippen LogP contribution in [0.25, 0.3) is 11.4 Å². The summed E-state index contributed by atoms with van der Waals surface area (Å²) < 4.78 is 0. The van der Waals surface area contributed by atoms with Gasteiger partial charge in [-0.15, -0.1) is 0 Å². The van der Waals surface area contributed by atoms with Crippen molar-refractivity contribution in [3.8, 4) is 11.4 Å². The van der Waals surface area contributed by atoms with E-state index in [0.29, 0.717) is 0 Å². The fraction of sp³-hybridized carbons (Fsp3) is 0. The van der Waals surface area contributed by atoms with E-state index in [1.54, 1.807) is 0 Å². The Morgan fingerprint density at radius 2 is 1.18 bits per heavy atom. The van der Waals surface area contributed by atoms with Crippen LogP contribution >= 0.6 is 0 Å². The number of nitrogens with one attached hydrogen (secondary N) is 2. The van der Waals surface area contributed by atoms with Crippen molar-refractivity contribution in [2.45, 2.75) is 0 Å². The molecule has 0 atom stereocenters. The lowest BCUT2D eigenvalue weighted by Crippen LogP contribution is -2.13. The Morgan fingerprint density at radius 3 is 1.41 bits per heavy atom. The summed E-state index contributed by atoms with van der Waals surface area (Å²) in [5.41, 5.74) is 5.48. The largest absolute Gasteiger partial charge is 0.364 e. The van der Waals surface area contributed by atoms with E-state index >= 15 is 0 Å². The maximum Gasteiger partial charge on any atom is 0.329 e. The summed E-state index contributed by atoms with van der Waals surface area (Å²) in [6, 6.07) is 0. The van der Waals surface area contributed by atoms with E-state index in [1.807, 2.05) is 10.2 Å².